The summed E-state index contributed by atoms with van der Waals surface area (Å²) in [5.41, 5.74) is 3.32. The maximum Gasteiger partial charge on any atom is 0.279 e. The zero-order valence-corrected chi connectivity index (χ0v) is 21.6. The fourth-order valence-electron chi connectivity index (χ4n) is 4.16. The van der Waals surface area contributed by atoms with Crippen molar-refractivity contribution in [1.29, 1.82) is 0 Å². The molecule has 2 aromatic carbocycles. The standard InChI is InChI=1S/C27H32N4O3S/c1-5-29-13-15-30(16-14-29)26(33)22-11-9-21(10-12-22)18-31-19(2)20(3)35-27(31)28-25(32)23-7-6-8-24(17-23)34-4/h6-12,17H,5,13-16,18H2,1-4H3. The van der Waals surface area contributed by atoms with Crippen molar-refractivity contribution in [2.75, 3.05) is 39.8 Å². The summed E-state index contributed by atoms with van der Waals surface area (Å²) >= 11 is 1.50. The average molecular weight is 493 g/mol. The van der Waals surface area contributed by atoms with E-state index in [9.17, 15) is 9.59 Å². The molecule has 1 saturated heterocycles. The molecule has 0 atom stereocenters. The molecule has 0 aliphatic carbocycles. The highest BCUT2D eigenvalue weighted by Gasteiger charge is 2.21. The van der Waals surface area contributed by atoms with Crippen LogP contribution in [0.5, 0.6) is 5.75 Å². The first-order chi connectivity index (χ1) is 16.9. The monoisotopic (exact) mass is 492 g/mol. The van der Waals surface area contributed by atoms with Gasteiger partial charge in [-0.25, -0.2) is 0 Å². The Bertz CT molecular complexity index is 1270. The lowest BCUT2D eigenvalue weighted by atomic mass is 10.1. The zero-order valence-electron chi connectivity index (χ0n) is 20.8. The highest BCUT2D eigenvalue weighted by atomic mass is 32.1. The third kappa shape index (κ3) is 5.71. The van der Waals surface area contributed by atoms with Crippen LogP contribution >= 0.6 is 11.3 Å². The molecule has 7 nitrogen and oxygen atoms in total. The van der Waals surface area contributed by atoms with Gasteiger partial charge in [0.15, 0.2) is 4.80 Å². The predicted octanol–water partition coefficient (Wildman–Crippen LogP) is 3.74. The number of likely N-dealkylation sites (N-methyl/N-ethyl adjacent to an activating group) is 1. The smallest absolute Gasteiger partial charge is 0.279 e. The number of carbonyl (C=O) groups excluding carboxylic acids is 2. The van der Waals surface area contributed by atoms with E-state index in [2.05, 4.69) is 21.4 Å². The lowest BCUT2D eigenvalue weighted by Crippen LogP contribution is -2.48. The molecule has 8 heteroatoms. The first-order valence-corrected chi connectivity index (χ1v) is 12.7. The zero-order chi connectivity index (χ0) is 24.9. The average Bonchev–Trinajstić information content (AvgIpc) is 3.16. The van der Waals surface area contributed by atoms with Gasteiger partial charge >= 0.3 is 0 Å². The molecule has 0 radical (unpaired) electrons. The van der Waals surface area contributed by atoms with Gasteiger partial charge in [-0.2, -0.15) is 4.99 Å². The van der Waals surface area contributed by atoms with Crippen LogP contribution in [0.4, 0.5) is 0 Å². The van der Waals surface area contributed by atoms with Crippen molar-refractivity contribution in [3.63, 3.8) is 0 Å². The topological polar surface area (TPSA) is 67.1 Å². The highest BCUT2D eigenvalue weighted by Crippen LogP contribution is 2.16. The first-order valence-electron chi connectivity index (χ1n) is 11.9. The third-order valence-electron chi connectivity index (χ3n) is 6.55. The molecule has 2 heterocycles. The first kappa shape index (κ1) is 24.9. The van der Waals surface area contributed by atoms with E-state index in [-0.39, 0.29) is 11.8 Å². The summed E-state index contributed by atoms with van der Waals surface area (Å²) in [6.45, 7) is 11.2. The molecule has 2 amide bonds. The molecule has 0 N–H and O–H groups in total. The second-order valence-electron chi connectivity index (χ2n) is 8.68. The Hall–Kier alpha value is -3.23. The van der Waals surface area contributed by atoms with Crippen LogP contribution in [0.2, 0.25) is 0 Å². The molecular formula is C27H32N4O3S. The van der Waals surface area contributed by atoms with E-state index < -0.39 is 0 Å². The van der Waals surface area contributed by atoms with E-state index in [4.69, 9.17) is 4.74 Å². The summed E-state index contributed by atoms with van der Waals surface area (Å²) in [4.78, 5) is 36.2. The number of carbonyl (C=O) groups is 2. The molecule has 0 unspecified atom stereocenters. The van der Waals surface area contributed by atoms with Crippen molar-refractivity contribution < 1.29 is 14.3 Å². The second-order valence-corrected chi connectivity index (χ2v) is 9.87. The number of ether oxygens (including phenoxy) is 1. The number of hydrogen-bond donors (Lipinski definition) is 0. The van der Waals surface area contributed by atoms with Gasteiger partial charge in [-0.1, -0.05) is 25.1 Å². The molecule has 1 fully saturated rings. The van der Waals surface area contributed by atoms with Crippen molar-refractivity contribution in [1.82, 2.24) is 14.4 Å². The molecule has 4 rings (SSSR count). The number of methoxy groups -OCH3 is 1. The van der Waals surface area contributed by atoms with E-state index in [1.54, 1.807) is 31.4 Å². The summed E-state index contributed by atoms with van der Waals surface area (Å²) in [5, 5.41) is 0. The Balaban J connectivity index is 1.52. The highest BCUT2D eigenvalue weighted by molar-refractivity contribution is 7.09. The summed E-state index contributed by atoms with van der Waals surface area (Å²) in [6, 6.07) is 14.8. The van der Waals surface area contributed by atoms with Crippen molar-refractivity contribution >= 4 is 23.2 Å². The molecule has 3 aromatic rings. The van der Waals surface area contributed by atoms with Crippen molar-refractivity contribution in [2.45, 2.75) is 27.3 Å². The van der Waals surface area contributed by atoms with Crippen LogP contribution in [0.15, 0.2) is 53.5 Å². The van der Waals surface area contributed by atoms with Gasteiger partial charge < -0.3 is 19.1 Å². The van der Waals surface area contributed by atoms with Gasteiger partial charge in [-0.05, 0) is 56.3 Å². The van der Waals surface area contributed by atoms with Gasteiger partial charge in [0.25, 0.3) is 11.8 Å². The van der Waals surface area contributed by atoms with Crippen LogP contribution in [0.25, 0.3) is 0 Å². The predicted molar refractivity (Wildman–Crippen MR) is 138 cm³/mol. The molecule has 35 heavy (non-hydrogen) atoms. The number of nitrogens with zero attached hydrogens (tertiary/aromatic N) is 4. The maximum atomic E-state index is 12.9. The van der Waals surface area contributed by atoms with Crippen LogP contribution in [0.3, 0.4) is 0 Å². The molecule has 0 spiro atoms. The Morgan fingerprint density at radius 3 is 2.37 bits per heavy atom. The fraction of sp³-hybridized carbons (Fsp3) is 0.370. The van der Waals surface area contributed by atoms with E-state index >= 15 is 0 Å². The van der Waals surface area contributed by atoms with E-state index in [0.717, 1.165) is 48.9 Å². The van der Waals surface area contributed by atoms with Crippen LogP contribution < -0.4 is 9.54 Å². The minimum absolute atomic E-state index is 0.0853. The van der Waals surface area contributed by atoms with Gasteiger partial charge in [0.2, 0.25) is 0 Å². The normalized spacial score (nSPS) is 14.9. The van der Waals surface area contributed by atoms with E-state index in [0.29, 0.717) is 28.2 Å². The number of aromatic nitrogens is 1. The minimum Gasteiger partial charge on any atom is -0.497 e. The lowest BCUT2D eigenvalue weighted by molar-refractivity contribution is 0.0643. The van der Waals surface area contributed by atoms with Crippen molar-refractivity contribution in [3.8, 4) is 5.75 Å². The minimum atomic E-state index is -0.303. The van der Waals surface area contributed by atoms with E-state index in [1.807, 2.05) is 43.0 Å². The van der Waals surface area contributed by atoms with Crippen molar-refractivity contribution in [3.05, 3.63) is 80.6 Å². The third-order valence-corrected chi connectivity index (χ3v) is 7.65. The van der Waals surface area contributed by atoms with Gasteiger partial charge in [0.1, 0.15) is 5.75 Å². The van der Waals surface area contributed by atoms with Gasteiger partial charge in [0.05, 0.1) is 13.7 Å². The summed E-state index contributed by atoms with van der Waals surface area (Å²) in [5.74, 6) is 0.407. The van der Waals surface area contributed by atoms with Crippen LogP contribution in [0.1, 0.15) is 43.8 Å². The molecule has 1 aliphatic heterocycles. The van der Waals surface area contributed by atoms with Crippen LogP contribution in [-0.2, 0) is 6.54 Å². The number of aryl methyl sites for hydroxylation is 1. The van der Waals surface area contributed by atoms with E-state index in [1.165, 1.54) is 11.3 Å². The summed E-state index contributed by atoms with van der Waals surface area (Å²) in [6.07, 6.45) is 0. The molecule has 1 aliphatic rings. The molecule has 184 valence electrons. The van der Waals surface area contributed by atoms with Gasteiger partial charge in [-0.15, -0.1) is 11.3 Å². The Kier molecular flexibility index (Phi) is 7.83. The Labute approximate surface area is 210 Å². The summed E-state index contributed by atoms with van der Waals surface area (Å²) < 4.78 is 7.28. The largest absolute Gasteiger partial charge is 0.497 e. The number of hydrogen-bond acceptors (Lipinski definition) is 5. The van der Waals surface area contributed by atoms with Crippen LogP contribution in [0, 0.1) is 13.8 Å². The second kappa shape index (κ2) is 11.0. The number of amides is 2. The van der Waals surface area contributed by atoms with Crippen LogP contribution in [-0.4, -0.2) is 66.0 Å². The number of benzene rings is 2. The molecular weight excluding hydrogens is 460 g/mol. The number of thiazole rings is 1. The Morgan fingerprint density at radius 1 is 1.00 bits per heavy atom. The summed E-state index contributed by atoms with van der Waals surface area (Å²) in [7, 11) is 1.58. The Morgan fingerprint density at radius 2 is 1.71 bits per heavy atom. The van der Waals surface area contributed by atoms with Gasteiger partial charge in [-0.3, -0.25) is 9.59 Å². The van der Waals surface area contributed by atoms with Crippen molar-refractivity contribution in [2.24, 2.45) is 4.99 Å². The van der Waals surface area contributed by atoms with Gasteiger partial charge in [0, 0.05) is 47.9 Å². The molecule has 0 bridgehead atoms. The SMILES string of the molecule is CCN1CCN(C(=O)c2ccc(Cn3c(C)c(C)sc3=NC(=O)c3cccc(OC)c3)cc2)CC1. The molecule has 1 aromatic heterocycles. The fourth-order valence-corrected chi connectivity index (χ4v) is 5.13. The lowest BCUT2D eigenvalue weighted by Gasteiger charge is -2.34. The molecule has 0 saturated carbocycles. The maximum absolute atomic E-state index is 12.9. The number of piperazine rings is 1. The number of rotatable bonds is 6. The quantitative estimate of drug-likeness (QED) is 0.526.